The number of aromatic amines is 1. The summed E-state index contributed by atoms with van der Waals surface area (Å²) < 4.78 is 5.92. The van der Waals surface area contributed by atoms with Crippen molar-refractivity contribution in [3.05, 3.63) is 75.8 Å². The van der Waals surface area contributed by atoms with Gasteiger partial charge in [-0.05, 0) is 24.6 Å². The minimum Gasteiger partial charge on any atom is -0.479 e. The molecule has 0 atom stereocenters. The smallest absolute Gasteiger partial charge is 0.194 e. The highest BCUT2D eigenvalue weighted by atomic mass is 35.5. The molecule has 0 unspecified atom stereocenters. The van der Waals surface area contributed by atoms with Crippen LogP contribution in [-0.2, 0) is 0 Å². The lowest BCUT2D eigenvalue weighted by molar-refractivity contribution is 0.376. The maximum atomic E-state index is 12.7. The number of rotatable bonds is 4. The predicted octanol–water partition coefficient (Wildman–Crippen LogP) is 4.63. The van der Waals surface area contributed by atoms with E-state index in [1.165, 1.54) is 6.07 Å². The summed E-state index contributed by atoms with van der Waals surface area (Å²) in [5.41, 5.74) is 3.84. The number of benzene rings is 1. The second-order valence-electron chi connectivity index (χ2n) is 6.41. The molecule has 4 rings (SSSR count). The minimum absolute atomic E-state index is 0.00642. The van der Waals surface area contributed by atoms with Crippen molar-refractivity contribution in [3.63, 3.8) is 0 Å². The number of fused-ring (bicyclic) bond motifs is 1. The van der Waals surface area contributed by atoms with E-state index in [4.69, 9.17) is 27.7 Å². The zero-order valence-electron chi connectivity index (χ0n) is 15.6. The van der Waals surface area contributed by atoms with E-state index in [9.17, 15) is 4.79 Å². The number of hydrogen-bond acceptors (Lipinski definition) is 4. The summed E-state index contributed by atoms with van der Waals surface area (Å²) in [5, 5.41) is 0.673. The van der Waals surface area contributed by atoms with Gasteiger partial charge in [-0.2, -0.15) is 0 Å². The number of aryl methyl sites for hydroxylation is 1. The maximum absolute atomic E-state index is 12.7. The number of ether oxygens (including phenoxy) is 1. The number of nitrogens with one attached hydrogen (secondary N) is 1. The van der Waals surface area contributed by atoms with Crippen LogP contribution in [0.5, 0.6) is 5.75 Å². The fourth-order valence-electron chi connectivity index (χ4n) is 3.28. The average Bonchev–Trinajstić information content (AvgIpc) is 2.71. The summed E-state index contributed by atoms with van der Waals surface area (Å²) in [7, 11) is 0. The molecule has 4 aromatic rings. The topological polar surface area (TPSA) is 67.9 Å². The summed E-state index contributed by atoms with van der Waals surface area (Å²) in [6.45, 7) is 1.85. The average molecular weight is 402 g/mol. The van der Waals surface area contributed by atoms with Crippen molar-refractivity contribution in [2.45, 2.75) is 6.92 Å². The third-order valence-corrected chi connectivity index (χ3v) is 4.60. The van der Waals surface area contributed by atoms with E-state index in [1.54, 1.807) is 12.3 Å². The molecule has 0 saturated heterocycles. The Morgan fingerprint density at radius 2 is 1.93 bits per heavy atom. The highest BCUT2D eigenvalue weighted by molar-refractivity contribution is 6.29. The standard InChI is InChI=1S/C23H16ClN3O2/c1-3-11-29-22-19(16-12-14(2)26-18(24)13-16)21(15-7-5-4-6-8-15)27-23-20(22)17(28)9-10-25-23/h1,4-10,12-13H,11H2,2H3,(H,25,27,28). The van der Waals surface area contributed by atoms with Crippen LogP contribution in [0.25, 0.3) is 33.4 Å². The number of halogens is 1. The van der Waals surface area contributed by atoms with Gasteiger partial charge in [-0.1, -0.05) is 47.9 Å². The normalized spacial score (nSPS) is 10.7. The molecule has 3 heterocycles. The molecule has 1 aromatic carbocycles. The molecule has 0 saturated carbocycles. The van der Waals surface area contributed by atoms with Crippen molar-refractivity contribution in [2.75, 3.05) is 6.61 Å². The highest BCUT2D eigenvalue weighted by Crippen LogP contribution is 2.41. The van der Waals surface area contributed by atoms with Gasteiger partial charge in [0.25, 0.3) is 0 Å². The summed E-state index contributed by atoms with van der Waals surface area (Å²) >= 11 is 6.23. The van der Waals surface area contributed by atoms with Crippen LogP contribution in [-0.4, -0.2) is 21.6 Å². The zero-order valence-corrected chi connectivity index (χ0v) is 16.3. The van der Waals surface area contributed by atoms with Crippen molar-refractivity contribution in [1.82, 2.24) is 15.0 Å². The summed E-state index contributed by atoms with van der Waals surface area (Å²) in [5.74, 6) is 2.84. The minimum atomic E-state index is -0.212. The van der Waals surface area contributed by atoms with Gasteiger partial charge in [0.1, 0.15) is 28.5 Å². The van der Waals surface area contributed by atoms with Gasteiger partial charge in [-0.15, -0.1) is 6.42 Å². The van der Waals surface area contributed by atoms with Crippen molar-refractivity contribution in [1.29, 1.82) is 0 Å². The number of terminal acetylenes is 1. The Bertz CT molecular complexity index is 1290. The fraction of sp³-hybridized carbons (Fsp3) is 0.0870. The molecule has 3 aromatic heterocycles. The van der Waals surface area contributed by atoms with Gasteiger partial charge in [0.05, 0.1) is 11.3 Å². The monoisotopic (exact) mass is 401 g/mol. The van der Waals surface area contributed by atoms with Gasteiger partial charge < -0.3 is 9.72 Å². The van der Waals surface area contributed by atoms with E-state index < -0.39 is 0 Å². The molecule has 0 amide bonds. The Labute approximate surface area is 172 Å². The van der Waals surface area contributed by atoms with Gasteiger partial charge in [0.2, 0.25) is 0 Å². The number of H-pyrrole nitrogens is 1. The molecule has 142 valence electrons. The molecule has 0 radical (unpaired) electrons. The second-order valence-corrected chi connectivity index (χ2v) is 6.80. The quantitative estimate of drug-likeness (QED) is 0.400. The Morgan fingerprint density at radius 1 is 1.14 bits per heavy atom. The third kappa shape index (κ3) is 3.58. The molecule has 0 aliphatic heterocycles. The van der Waals surface area contributed by atoms with Crippen molar-refractivity contribution < 1.29 is 4.74 Å². The van der Waals surface area contributed by atoms with Crippen LogP contribution in [0.2, 0.25) is 5.15 Å². The largest absolute Gasteiger partial charge is 0.479 e. The van der Waals surface area contributed by atoms with Gasteiger partial charge in [0, 0.05) is 23.5 Å². The summed E-state index contributed by atoms with van der Waals surface area (Å²) in [6.07, 6.45) is 7.00. The Hall–Kier alpha value is -3.62. The molecular weight excluding hydrogens is 386 g/mol. The van der Waals surface area contributed by atoms with Gasteiger partial charge in [-0.25, -0.2) is 9.97 Å². The lowest BCUT2D eigenvalue weighted by Gasteiger charge is -2.17. The second kappa shape index (κ2) is 7.78. The van der Waals surface area contributed by atoms with Crippen molar-refractivity contribution in [2.24, 2.45) is 0 Å². The molecule has 29 heavy (non-hydrogen) atoms. The molecule has 1 N–H and O–H groups in total. The first kappa shape index (κ1) is 18.7. The first-order valence-corrected chi connectivity index (χ1v) is 9.28. The molecule has 5 nitrogen and oxygen atoms in total. The van der Waals surface area contributed by atoms with Crippen molar-refractivity contribution in [3.8, 4) is 40.5 Å². The molecule has 0 fully saturated rings. The van der Waals surface area contributed by atoms with E-state index in [2.05, 4.69) is 15.9 Å². The van der Waals surface area contributed by atoms with Gasteiger partial charge >= 0.3 is 0 Å². The van der Waals surface area contributed by atoms with Gasteiger partial charge in [-0.3, -0.25) is 4.79 Å². The molecule has 0 aliphatic rings. The number of hydrogen-bond donors (Lipinski definition) is 1. The van der Waals surface area contributed by atoms with E-state index in [0.717, 1.165) is 16.8 Å². The number of nitrogens with zero attached hydrogens (tertiary/aromatic N) is 2. The Kier molecular flexibility index (Phi) is 5.03. The van der Waals surface area contributed by atoms with Crippen LogP contribution >= 0.6 is 11.6 Å². The maximum Gasteiger partial charge on any atom is 0.194 e. The lowest BCUT2D eigenvalue weighted by Crippen LogP contribution is -2.09. The zero-order chi connectivity index (χ0) is 20.4. The first-order chi connectivity index (χ1) is 14.1. The molecule has 0 bridgehead atoms. The van der Waals surface area contributed by atoms with E-state index in [0.29, 0.717) is 33.2 Å². The molecule has 6 heteroatoms. The molecule has 0 aliphatic carbocycles. The Balaban J connectivity index is 2.18. The van der Waals surface area contributed by atoms with Crippen LogP contribution in [0.15, 0.2) is 59.5 Å². The molecule has 0 spiro atoms. The van der Waals surface area contributed by atoms with Crippen LogP contribution in [0, 0.1) is 19.3 Å². The highest BCUT2D eigenvalue weighted by Gasteiger charge is 2.22. The Morgan fingerprint density at radius 3 is 2.66 bits per heavy atom. The summed E-state index contributed by atoms with van der Waals surface area (Å²) in [4.78, 5) is 24.7. The van der Waals surface area contributed by atoms with E-state index in [1.807, 2.05) is 43.3 Å². The summed E-state index contributed by atoms with van der Waals surface area (Å²) in [6, 6.07) is 14.7. The number of aromatic nitrogens is 3. The lowest BCUT2D eigenvalue weighted by atomic mass is 9.97. The molecular formula is C23H16ClN3O2. The first-order valence-electron chi connectivity index (χ1n) is 8.90. The van der Waals surface area contributed by atoms with Crippen LogP contribution < -0.4 is 10.2 Å². The fourth-order valence-corrected chi connectivity index (χ4v) is 3.53. The predicted molar refractivity (Wildman–Crippen MR) is 115 cm³/mol. The van der Waals surface area contributed by atoms with Crippen LogP contribution in [0.3, 0.4) is 0 Å². The van der Waals surface area contributed by atoms with E-state index in [-0.39, 0.29) is 12.0 Å². The third-order valence-electron chi connectivity index (χ3n) is 4.41. The van der Waals surface area contributed by atoms with Crippen LogP contribution in [0.1, 0.15) is 5.69 Å². The number of pyridine rings is 3. The van der Waals surface area contributed by atoms with Crippen molar-refractivity contribution >= 4 is 22.6 Å². The SMILES string of the molecule is C#CCOc1c(-c2cc(C)nc(Cl)c2)c(-c2ccccc2)nc2[nH]ccc(=O)c12. The van der Waals surface area contributed by atoms with E-state index >= 15 is 0 Å². The van der Waals surface area contributed by atoms with Gasteiger partial charge in [0.15, 0.2) is 5.43 Å². The van der Waals surface area contributed by atoms with Crippen LogP contribution in [0.4, 0.5) is 0 Å².